The van der Waals surface area contributed by atoms with Crippen LogP contribution in [0.5, 0.6) is 0 Å². The quantitative estimate of drug-likeness (QED) is 0.844. The van der Waals surface area contributed by atoms with Crippen molar-refractivity contribution in [3.63, 3.8) is 0 Å². The van der Waals surface area contributed by atoms with Gasteiger partial charge in [-0.1, -0.05) is 20.3 Å². The fourth-order valence-corrected chi connectivity index (χ4v) is 4.39. The summed E-state index contributed by atoms with van der Waals surface area (Å²) in [6.45, 7) is 17.4. The maximum absolute atomic E-state index is 6.26. The molecule has 1 saturated carbocycles. The van der Waals surface area contributed by atoms with Gasteiger partial charge in [-0.3, -0.25) is 9.80 Å². The van der Waals surface area contributed by atoms with E-state index < -0.39 is 0 Å². The van der Waals surface area contributed by atoms with Gasteiger partial charge in [0.2, 0.25) is 0 Å². The molecule has 1 saturated heterocycles. The van der Waals surface area contributed by atoms with Crippen LogP contribution in [0.4, 0.5) is 0 Å². The third kappa shape index (κ3) is 3.37. The number of hydrogen-bond donors (Lipinski definition) is 1. The summed E-state index contributed by atoms with van der Waals surface area (Å²) in [5.41, 5.74) is 7.28. The molecule has 0 bridgehead atoms. The predicted molar refractivity (Wildman–Crippen MR) is 86.9 cm³/mol. The first-order valence-electron chi connectivity index (χ1n) is 8.39. The minimum Gasteiger partial charge on any atom is -0.329 e. The van der Waals surface area contributed by atoms with Gasteiger partial charge in [0.1, 0.15) is 0 Å². The van der Waals surface area contributed by atoms with Crippen LogP contribution < -0.4 is 5.73 Å². The van der Waals surface area contributed by atoms with E-state index in [1.807, 2.05) is 0 Å². The lowest BCUT2D eigenvalue weighted by Crippen LogP contribution is -2.64. The molecular formula is C17H35N3. The summed E-state index contributed by atoms with van der Waals surface area (Å²) in [7, 11) is 0. The Kier molecular flexibility index (Phi) is 4.54. The van der Waals surface area contributed by atoms with Crippen LogP contribution in [0.25, 0.3) is 0 Å². The maximum Gasteiger partial charge on any atom is 0.0337 e. The van der Waals surface area contributed by atoms with Crippen molar-refractivity contribution >= 4 is 0 Å². The topological polar surface area (TPSA) is 32.5 Å². The lowest BCUT2D eigenvalue weighted by atomic mass is 9.67. The fourth-order valence-electron chi connectivity index (χ4n) is 4.39. The predicted octanol–water partition coefficient (Wildman–Crippen LogP) is 2.70. The third-order valence-electron chi connectivity index (χ3n) is 5.58. The molecular weight excluding hydrogens is 246 g/mol. The number of rotatable bonds is 2. The number of nitrogens with two attached hydrogens (primary N) is 1. The standard InChI is InChI=1S/C17H35N3/c1-15(2,3)19-9-11-20(12-10-19)17(14-18)8-6-7-16(4,5)13-17/h6-14,18H2,1-5H3. The Hall–Kier alpha value is -0.120. The van der Waals surface area contributed by atoms with Crippen molar-refractivity contribution < 1.29 is 0 Å². The van der Waals surface area contributed by atoms with E-state index in [1.54, 1.807) is 0 Å². The summed E-state index contributed by atoms with van der Waals surface area (Å²) in [6.07, 6.45) is 5.26. The van der Waals surface area contributed by atoms with Gasteiger partial charge < -0.3 is 5.73 Å². The summed E-state index contributed by atoms with van der Waals surface area (Å²) in [5, 5.41) is 0. The first-order valence-corrected chi connectivity index (χ1v) is 8.39. The molecule has 3 nitrogen and oxygen atoms in total. The first kappa shape index (κ1) is 16.3. The monoisotopic (exact) mass is 281 g/mol. The molecule has 20 heavy (non-hydrogen) atoms. The van der Waals surface area contributed by atoms with Gasteiger partial charge in [0.05, 0.1) is 0 Å². The van der Waals surface area contributed by atoms with Gasteiger partial charge in [0.15, 0.2) is 0 Å². The largest absolute Gasteiger partial charge is 0.329 e. The van der Waals surface area contributed by atoms with Crippen molar-refractivity contribution in [2.45, 2.75) is 71.4 Å². The van der Waals surface area contributed by atoms with E-state index >= 15 is 0 Å². The van der Waals surface area contributed by atoms with Gasteiger partial charge in [-0.15, -0.1) is 0 Å². The molecule has 3 heteroatoms. The summed E-state index contributed by atoms with van der Waals surface area (Å²) in [6, 6.07) is 0. The van der Waals surface area contributed by atoms with E-state index in [9.17, 15) is 0 Å². The van der Waals surface area contributed by atoms with Gasteiger partial charge in [-0.2, -0.15) is 0 Å². The van der Waals surface area contributed by atoms with E-state index in [0.717, 1.165) is 6.54 Å². The number of hydrogen-bond acceptors (Lipinski definition) is 3. The maximum atomic E-state index is 6.26. The summed E-state index contributed by atoms with van der Waals surface area (Å²) in [5.74, 6) is 0. The van der Waals surface area contributed by atoms with Crippen molar-refractivity contribution in [1.82, 2.24) is 9.80 Å². The molecule has 2 fully saturated rings. The Morgan fingerprint density at radius 1 is 1.00 bits per heavy atom. The molecule has 2 rings (SSSR count). The van der Waals surface area contributed by atoms with Crippen LogP contribution in [0, 0.1) is 5.41 Å². The minimum atomic E-state index is 0.270. The highest BCUT2D eigenvalue weighted by Gasteiger charge is 2.44. The zero-order valence-corrected chi connectivity index (χ0v) is 14.3. The normalized spacial score (nSPS) is 33.3. The third-order valence-corrected chi connectivity index (χ3v) is 5.58. The lowest BCUT2D eigenvalue weighted by Gasteiger charge is -2.54. The van der Waals surface area contributed by atoms with Crippen molar-refractivity contribution in [3.8, 4) is 0 Å². The smallest absolute Gasteiger partial charge is 0.0337 e. The molecule has 0 aromatic heterocycles. The molecule has 1 atom stereocenters. The van der Waals surface area contributed by atoms with Crippen LogP contribution in [0.2, 0.25) is 0 Å². The van der Waals surface area contributed by atoms with E-state index in [0.29, 0.717) is 11.0 Å². The van der Waals surface area contributed by atoms with Crippen molar-refractivity contribution in [1.29, 1.82) is 0 Å². The average Bonchev–Trinajstić information content (AvgIpc) is 2.36. The summed E-state index contributed by atoms with van der Waals surface area (Å²) in [4.78, 5) is 5.33. The van der Waals surface area contributed by atoms with Crippen LogP contribution in [0.3, 0.4) is 0 Å². The second-order valence-electron chi connectivity index (χ2n) is 8.77. The Bertz CT molecular complexity index is 324. The molecule has 0 aromatic rings. The Morgan fingerprint density at radius 3 is 2.05 bits per heavy atom. The second kappa shape index (κ2) is 5.58. The molecule has 1 aliphatic heterocycles. The second-order valence-corrected chi connectivity index (χ2v) is 8.77. The molecule has 0 radical (unpaired) electrons. The first-order chi connectivity index (χ1) is 9.19. The SMILES string of the molecule is CC1(C)CCCC(CN)(N2CCN(C(C)(C)C)CC2)C1. The van der Waals surface area contributed by atoms with Crippen LogP contribution >= 0.6 is 0 Å². The highest BCUT2D eigenvalue weighted by molar-refractivity contribution is 5.01. The highest BCUT2D eigenvalue weighted by atomic mass is 15.3. The number of piperazine rings is 1. The molecule has 2 aliphatic rings. The van der Waals surface area contributed by atoms with E-state index in [2.05, 4.69) is 44.4 Å². The van der Waals surface area contributed by atoms with Gasteiger partial charge in [0.25, 0.3) is 0 Å². The summed E-state index contributed by atoms with van der Waals surface area (Å²) < 4.78 is 0. The Labute approximate surface area is 125 Å². The van der Waals surface area contributed by atoms with E-state index in [4.69, 9.17) is 5.73 Å². The van der Waals surface area contributed by atoms with Crippen LogP contribution in [0.1, 0.15) is 60.3 Å². The van der Waals surface area contributed by atoms with E-state index in [-0.39, 0.29) is 5.54 Å². The van der Waals surface area contributed by atoms with Crippen molar-refractivity contribution in [2.24, 2.45) is 11.1 Å². The molecule has 0 amide bonds. The molecule has 1 heterocycles. The fraction of sp³-hybridized carbons (Fsp3) is 1.00. The Balaban J connectivity index is 2.03. The minimum absolute atomic E-state index is 0.270. The highest BCUT2D eigenvalue weighted by Crippen LogP contribution is 2.44. The lowest BCUT2D eigenvalue weighted by molar-refractivity contribution is -0.0355. The summed E-state index contributed by atoms with van der Waals surface area (Å²) >= 11 is 0. The van der Waals surface area contributed by atoms with Gasteiger partial charge in [0, 0.05) is 43.8 Å². The molecule has 1 aliphatic carbocycles. The molecule has 0 spiro atoms. The molecule has 2 N–H and O–H groups in total. The zero-order valence-electron chi connectivity index (χ0n) is 14.3. The van der Waals surface area contributed by atoms with Crippen LogP contribution in [-0.2, 0) is 0 Å². The van der Waals surface area contributed by atoms with Gasteiger partial charge in [-0.25, -0.2) is 0 Å². The van der Waals surface area contributed by atoms with Crippen LogP contribution in [0.15, 0.2) is 0 Å². The van der Waals surface area contributed by atoms with Gasteiger partial charge >= 0.3 is 0 Å². The van der Waals surface area contributed by atoms with Crippen LogP contribution in [-0.4, -0.2) is 53.6 Å². The average molecular weight is 281 g/mol. The molecule has 0 aromatic carbocycles. The van der Waals surface area contributed by atoms with Crippen molar-refractivity contribution in [3.05, 3.63) is 0 Å². The zero-order chi connectivity index (χ0) is 15.0. The molecule has 1 unspecified atom stereocenters. The molecule has 118 valence electrons. The van der Waals surface area contributed by atoms with Crippen molar-refractivity contribution in [2.75, 3.05) is 32.7 Å². The number of nitrogens with zero attached hydrogens (tertiary/aromatic N) is 2. The van der Waals surface area contributed by atoms with Gasteiger partial charge in [-0.05, 0) is 45.4 Å². The Morgan fingerprint density at radius 2 is 1.60 bits per heavy atom. The van der Waals surface area contributed by atoms with E-state index in [1.165, 1.54) is 51.9 Å².